The van der Waals surface area contributed by atoms with E-state index >= 15 is 0 Å². The Morgan fingerprint density at radius 1 is 1.55 bits per heavy atom. The second-order valence-corrected chi connectivity index (χ2v) is 6.38. The molecule has 1 unspecified atom stereocenters. The second-order valence-electron chi connectivity index (χ2n) is 5.37. The molecule has 1 saturated heterocycles. The molecule has 1 aromatic rings. The van der Waals surface area contributed by atoms with Crippen molar-refractivity contribution in [1.82, 2.24) is 10.2 Å². The summed E-state index contributed by atoms with van der Waals surface area (Å²) in [5.74, 6) is 1.02. The van der Waals surface area contributed by atoms with Gasteiger partial charge in [-0.3, -0.25) is 9.69 Å². The van der Waals surface area contributed by atoms with Gasteiger partial charge in [-0.25, -0.2) is 0 Å². The Morgan fingerprint density at radius 3 is 3.09 bits per heavy atom. The molecule has 3 N–H and O–H groups in total. The van der Waals surface area contributed by atoms with Crippen LogP contribution in [0.2, 0.25) is 0 Å². The third kappa shape index (κ3) is 5.43. The monoisotopic (exact) mass is 347 g/mol. The minimum atomic E-state index is 0. The lowest BCUT2D eigenvalue weighted by Gasteiger charge is -2.35. The van der Waals surface area contributed by atoms with Gasteiger partial charge in [-0.15, -0.1) is 23.7 Å². The summed E-state index contributed by atoms with van der Waals surface area (Å²) in [5, 5.41) is 5.07. The van der Waals surface area contributed by atoms with Crippen LogP contribution in [0, 0.1) is 0 Å². The van der Waals surface area contributed by atoms with Gasteiger partial charge in [-0.05, 0) is 30.8 Å². The fraction of sp³-hybridized carbons (Fsp3) is 0.667. The molecular formula is C15H26ClN3O2S. The van der Waals surface area contributed by atoms with Gasteiger partial charge >= 0.3 is 0 Å². The van der Waals surface area contributed by atoms with Crippen molar-refractivity contribution in [3.05, 3.63) is 16.3 Å². The number of likely N-dealkylation sites (tertiary alicyclic amines) is 1. The van der Waals surface area contributed by atoms with Crippen molar-refractivity contribution in [2.24, 2.45) is 5.73 Å². The third-order valence-corrected chi connectivity index (χ3v) is 4.81. The first-order valence-electron chi connectivity index (χ1n) is 7.55. The summed E-state index contributed by atoms with van der Waals surface area (Å²) in [5.41, 5.74) is 5.40. The average Bonchev–Trinajstić information content (AvgIpc) is 2.94. The number of piperidine rings is 1. The molecular weight excluding hydrogens is 322 g/mol. The van der Waals surface area contributed by atoms with E-state index in [0.717, 1.165) is 25.3 Å². The van der Waals surface area contributed by atoms with Crippen LogP contribution < -0.4 is 15.8 Å². The summed E-state index contributed by atoms with van der Waals surface area (Å²) in [6.07, 6.45) is 4.00. The Morgan fingerprint density at radius 2 is 2.36 bits per heavy atom. The van der Waals surface area contributed by atoms with Crippen molar-refractivity contribution in [3.8, 4) is 5.75 Å². The number of nitrogens with two attached hydrogens (primary N) is 1. The fourth-order valence-electron chi connectivity index (χ4n) is 2.76. The molecule has 0 spiro atoms. The molecule has 0 radical (unpaired) electrons. The molecule has 2 heterocycles. The molecule has 7 heteroatoms. The van der Waals surface area contributed by atoms with Gasteiger partial charge in [0.15, 0.2) is 0 Å². The number of carbonyl (C=O) groups excluding carboxylic acids is 1. The Labute approximate surface area is 142 Å². The standard InChI is InChI=1S/C15H25N3O2S.ClH/c1-20-13-6-9-21-14(13)11-18-8-3-2-4-12(18)10-17-15(19)5-7-16;/h6,9,12H,2-5,7-8,10-11,16H2,1H3,(H,17,19);1H. The van der Waals surface area contributed by atoms with E-state index < -0.39 is 0 Å². The normalized spacial score (nSPS) is 18.5. The second kappa shape index (κ2) is 10.0. The van der Waals surface area contributed by atoms with Crippen LogP contribution in [0.3, 0.4) is 0 Å². The number of ether oxygens (including phenoxy) is 1. The van der Waals surface area contributed by atoms with E-state index in [4.69, 9.17) is 10.5 Å². The first kappa shape index (κ1) is 19.2. The van der Waals surface area contributed by atoms with Crippen molar-refractivity contribution in [3.63, 3.8) is 0 Å². The van der Waals surface area contributed by atoms with E-state index in [1.54, 1.807) is 18.4 Å². The number of halogens is 1. The molecule has 22 heavy (non-hydrogen) atoms. The van der Waals surface area contributed by atoms with Crippen molar-refractivity contribution >= 4 is 29.7 Å². The Hall–Kier alpha value is -0.820. The van der Waals surface area contributed by atoms with Crippen molar-refractivity contribution in [2.45, 2.75) is 38.3 Å². The molecule has 0 aromatic carbocycles. The van der Waals surface area contributed by atoms with Crippen LogP contribution in [0.1, 0.15) is 30.6 Å². The summed E-state index contributed by atoms with van der Waals surface area (Å²) in [6, 6.07) is 2.43. The van der Waals surface area contributed by atoms with Crippen LogP contribution in [0.15, 0.2) is 11.4 Å². The van der Waals surface area contributed by atoms with Crippen LogP contribution >= 0.6 is 23.7 Å². The number of thiophene rings is 1. The summed E-state index contributed by atoms with van der Waals surface area (Å²) < 4.78 is 5.39. The number of nitrogens with one attached hydrogen (secondary N) is 1. The summed E-state index contributed by atoms with van der Waals surface area (Å²) in [4.78, 5) is 15.3. The molecule has 0 saturated carbocycles. The molecule has 1 aliphatic heterocycles. The van der Waals surface area contributed by atoms with E-state index in [9.17, 15) is 4.79 Å². The van der Waals surface area contributed by atoms with Gasteiger partial charge < -0.3 is 15.8 Å². The molecule has 1 atom stereocenters. The summed E-state index contributed by atoms with van der Waals surface area (Å²) >= 11 is 1.73. The number of hydrogen-bond donors (Lipinski definition) is 2. The average molecular weight is 348 g/mol. The third-order valence-electron chi connectivity index (χ3n) is 3.93. The lowest BCUT2D eigenvalue weighted by atomic mass is 10.0. The number of hydrogen-bond acceptors (Lipinski definition) is 5. The van der Waals surface area contributed by atoms with E-state index in [2.05, 4.69) is 15.6 Å². The first-order chi connectivity index (χ1) is 10.2. The molecule has 1 fully saturated rings. The number of rotatable bonds is 7. The fourth-order valence-corrected chi connectivity index (χ4v) is 3.62. The van der Waals surface area contributed by atoms with E-state index in [-0.39, 0.29) is 18.3 Å². The minimum absolute atomic E-state index is 0. The zero-order valence-electron chi connectivity index (χ0n) is 13.0. The number of carbonyl (C=O) groups is 1. The Balaban J connectivity index is 0.00000242. The molecule has 2 rings (SSSR count). The number of nitrogens with zero attached hydrogens (tertiary/aromatic N) is 1. The highest BCUT2D eigenvalue weighted by molar-refractivity contribution is 7.10. The van der Waals surface area contributed by atoms with Crippen molar-refractivity contribution < 1.29 is 9.53 Å². The van der Waals surface area contributed by atoms with Gasteiger partial charge in [0.2, 0.25) is 5.91 Å². The van der Waals surface area contributed by atoms with Crippen molar-refractivity contribution in [1.29, 1.82) is 0 Å². The topological polar surface area (TPSA) is 67.6 Å². The zero-order chi connectivity index (χ0) is 15.1. The van der Waals surface area contributed by atoms with Gasteiger partial charge in [0, 0.05) is 32.1 Å². The number of methoxy groups -OCH3 is 1. The molecule has 1 aliphatic rings. The maximum absolute atomic E-state index is 11.6. The van der Waals surface area contributed by atoms with Crippen LogP contribution in [-0.2, 0) is 11.3 Å². The highest BCUT2D eigenvalue weighted by atomic mass is 35.5. The van der Waals surface area contributed by atoms with Crippen LogP contribution in [-0.4, -0.2) is 43.6 Å². The Bertz CT molecular complexity index is 456. The maximum atomic E-state index is 11.6. The van der Waals surface area contributed by atoms with Crippen molar-refractivity contribution in [2.75, 3.05) is 26.7 Å². The van der Waals surface area contributed by atoms with Gasteiger partial charge in [0.05, 0.1) is 12.0 Å². The molecule has 1 aromatic heterocycles. The van der Waals surface area contributed by atoms with Gasteiger partial charge in [-0.1, -0.05) is 6.42 Å². The lowest BCUT2D eigenvalue weighted by molar-refractivity contribution is -0.121. The van der Waals surface area contributed by atoms with Crippen LogP contribution in [0.4, 0.5) is 0 Å². The van der Waals surface area contributed by atoms with Gasteiger partial charge in [0.25, 0.3) is 0 Å². The molecule has 5 nitrogen and oxygen atoms in total. The predicted molar refractivity (Wildman–Crippen MR) is 92.8 cm³/mol. The summed E-state index contributed by atoms with van der Waals surface area (Å²) in [6.45, 7) is 3.11. The smallest absolute Gasteiger partial charge is 0.221 e. The predicted octanol–water partition coefficient (Wildman–Crippen LogP) is 2.00. The zero-order valence-corrected chi connectivity index (χ0v) is 14.7. The van der Waals surface area contributed by atoms with Crippen LogP contribution in [0.5, 0.6) is 5.75 Å². The largest absolute Gasteiger partial charge is 0.496 e. The first-order valence-corrected chi connectivity index (χ1v) is 8.43. The SMILES string of the molecule is COc1ccsc1CN1CCCCC1CNC(=O)CCN.Cl. The van der Waals surface area contributed by atoms with E-state index in [1.165, 1.54) is 17.7 Å². The quantitative estimate of drug-likeness (QED) is 0.791. The molecule has 126 valence electrons. The van der Waals surface area contributed by atoms with Gasteiger partial charge in [0.1, 0.15) is 5.75 Å². The molecule has 0 bridgehead atoms. The van der Waals surface area contributed by atoms with E-state index in [0.29, 0.717) is 25.6 Å². The maximum Gasteiger partial charge on any atom is 0.221 e. The lowest BCUT2D eigenvalue weighted by Crippen LogP contribution is -2.46. The Kier molecular flexibility index (Phi) is 8.78. The molecule has 0 aliphatic carbocycles. The highest BCUT2D eigenvalue weighted by Gasteiger charge is 2.24. The molecule has 1 amide bonds. The summed E-state index contributed by atoms with van der Waals surface area (Å²) in [7, 11) is 1.71. The minimum Gasteiger partial charge on any atom is -0.496 e. The number of amides is 1. The van der Waals surface area contributed by atoms with Gasteiger partial charge in [-0.2, -0.15) is 0 Å². The van der Waals surface area contributed by atoms with E-state index in [1.807, 2.05) is 6.07 Å². The van der Waals surface area contributed by atoms with Crippen LogP contribution in [0.25, 0.3) is 0 Å². The highest BCUT2D eigenvalue weighted by Crippen LogP contribution is 2.28.